The van der Waals surface area contributed by atoms with Crippen molar-refractivity contribution in [2.75, 3.05) is 20.2 Å². The highest BCUT2D eigenvalue weighted by atomic mass is 16.5. The van der Waals surface area contributed by atoms with Crippen LogP contribution in [0.1, 0.15) is 39.4 Å². The van der Waals surface area contributed by atoms with E-state index in [9.17, 15) is 0 Å². The Morgan fingerprint density at radius 1 is 1.23 bits per heavy atom. The third kappa shape index (κ3) is 6.38. The Balaban J connectivity index is 1.93. The maximum Gasteiger partial charge on any atom is 0.191 e. The summed E-state index contributed by atoms with van der Waals surface area (Å²) in [6.45, 7) is 8.72. The number of nitrogens with one attached hydrogen (secondary N) is 3. The normalized spacial score (nSPS) is 11.7. The van der Waals surface area contributed by atoms with E-state index in [1.807, 2.05) is 24.3 Å². The minimum absolute atomic E-state index is 0.447. The molecule has 0 amide bonds. The van der Waals surface area contributed by atoms with E-state index in [-0.39, 0.29) is 0 Å². The first-order valence-electron chi connectivity index (χ1n) is 9.20. The molecule has 0 spiro atoms. The van der Waals surface area contributed by atoms with E-state index in [2.05, 4.69) is 51.6 Å². The highest BCUT2D eigenvalue weighted by molar-refractivity contribution is 5.79. The van der Waals surface area contributed by atoms with Crippen molar-refractivity contribution in [1.82, 2.24) is 25.8 Å². The highest BCUT2D eigenvalue weighted by Gasteiger charge is 2.06. The minimum Gasteiger partial charge on any atom is -0.497 e. The van der Waals surface area contributed by atoms with Gasteiger partial charge in [-0.1, -0.05) is 13.8 Å². The molecule has 0 bridgehead atoms. The van der Waals surface area contributed by atoms with E-state index in [4.69, 9.17) is 4.74 Å². The summed E-state index contributed by atoms with van der Waals surface area (Å²) >= 11 is 0. The van der Waals surface area contributed by atoms with Gasteiger partial charge in [-0.3, -0.25) is 5.10 Å². The van der Waals surface area contributed by atoms with E-state index in [1.54, 1.807) is 7.11 Å². The van der Waals surface area contributed by atoms with Crippen LogP contribution in [0.2, 0.25) is 0 Å². The summed E-state index contributed by atoms with van der Waals surface area (Å²) in [7, 11) is 1.65. The van der Waals surface area contributed by atoms with E-state index in [1.165, 1.54) is 6.42 Å². The van der Waals surface area contributed by atoms with Crippen molar-refractivity contribution in [2.45, 2.75) is 40.2 Å². The first-order chi connectivity index (χ1) is 12.6. The van der Waals surface area contributed by atoms with Gasteiger partial charge in [0, 0.05) is 18.7 Å². The number of aromatic amines is 1. The molecule has 0 aliphatic heterocycles. The van der Waals surface area contributed by atoms with E-state index in [0.29, 0.717) is 12.4 Å². The number of guanidine groups is 1. The van der Waals surface area contributed by atoms with E-state index in [0.717, 1.165) is 48.5 Å². The Kier molecular flexibility index (Phi) is 7.92. The molecule has 3 N–H and O–H groups in total. The van der Waals surface area contributed by atoms with Crippen molar-refractivity contribution < 1.29 is 4.74 Å². The topological polar surface area (TPSA) is 87.2 Å². The quantitative estimate of drug-likeness (QED) is 0.364. The fraction of sp³-hybridized carbons (Fsp3) is 0.526. The number of aromatic nitrogens is 3. The van der Waals surface area contributed by atoms with Crippen LogP contribution in [-0.2, 0) is 6.54 Å². The van der Waals surface area contributed by atoms with Crippen molar-refractivity contribution in [3.63, 3.8) is 0 Å². The second-order valence-electron chi connectivity index (χ2n) is 6.49. The summed E-state index contributed by atoms with van der Waals surface area (Å²) in [5.74, 6) is 3.73. The van der Waals surface area contributed by atoms with Gasteiger partial charge in [0.05, 0.1) is 7.11 Å². The molecule has 2 aromatic rings. The summed E-state index contributed by atoms with van der Waals surface area (Å²) in [6, 6.07) is 7.67. The number of benzene rings is 1. The van der Waals surface area contributed by atoms with Gasteiger partial charge in [0.15, 0.2) is 11.8 Å². The van der Waals surface area contributed by atoms with Crippen LogP contribution < -0.4 is 15.4 Å². The lowest BCUT2D eigenvalue weighted by Gasteiger charge is -2.11. The van der Waals surface area contributed by atoms with Crippen LogP contribution in [0.3, 0.4) is 0 Å². The number of H-pyrrole nitrogens is 1. The van der Waals surface area contributed by atoms with Gasteiger partial charge in [0.1, 0.15) is 18.1 Å². The van der Waals surface area contributed by atoms with Crippen LogP contribution in [0.4, 0.5) is 0 Å². The molecule has 0 atom stereocenters. The first kappa shape index (κ1) is 19.8. The number of rotatable bonds is 9. The lowest BCUT2D eigenvalue weighted by atomic mass is 10.1. The number of hydrogen-bond donors (Lipinski definition) is 3. The van der Waals surface area contributed by atoms with Gasteiger partial charge >= 0.3 is 0 Å². The maximum absolute atomic E-state index is 5.17. The van der Waals surface area contributed by atoms with Crippen LogP contribution >= 0.6 is 0 Å². The van der Waals surface area contributed by atoms with Crippen LogP contribution in [0.25, 0.3) is 11.4 Å². The van der Waals surface area contributed by atoms with Crippen molar-refractivity contribution in [3.05, 3.63) is 30.1 Å². The van der Waals surface area contributed by atoms with Gasteiger partial charge in [0.2, 0.25) is 0 Å². The zero-order valence-corrected chi connectivity index (χ0v) is 16.2. The molecule has 0 aliphatic carbocycles. The van der Waals surface area contributed by atoms with Crippen molar-refractivity contribution >= 4 is 5.96 Å². The molecule has 7 nitrogen and oxygen atoms in total. The second-order valence-corrected chi connectivity index (χ2v) is 6.49. The van der Waals surface area contributed by atoms with E-state index >= 15 is 0 Å². The van der Waals surface area contributed by atoms with Crippen LogP contribution in [0.5, 0.6) is 5.75 Å². The summed E-state index contributed by atoms with van der Waals surface area (Å²) in [4.78, 5) is 9.09. The number of nitrogens with zero attached hydrogens (tertiary/aromatic N) is 3. The minimum atomic E-state index is 0.447. The van der Waals surface area contributed by atoms with Gasteiger partial charge in [-0.15, -0.1) is 0 Å². The standard InChI is InChI=1S/C19H30N6O/c1-5-20-19(21-12-6-7-14(2)3)22-13-17-23-18(25-24-17)15-8-10-16(26-4)11-9-15/h8-11,14H,5-7,12-13H2,1-4H3,(H2,20,21,22)(H,23,24,25). The monoisotopic (exact) mass is 358 g/mol. The lowest BCUT2D eigenvalue weighted by Crippen LogP contribution is -2.37. The Morgan fingerprint density at radius 2 is 2.00 bits per heavy atom. The van der Waals surface area contributed by atoms with Gasteiger partial charge in [-0.25, -0.2) is 9.98 Å². The van der Waals surface area contributed by atoms with E-state index < -0.39 is 0 Å². The Bertz CT molecular complexity index is 678. The number of ether oxygens (including phenoxy) is 1. The van der Waals surface area contributed by atoms with Gasteiger partial charge in [-0.05, 0) is 49.9 Å². The van der Waals surface area contributed by atoms with Crippen molar-refractivity contribution in [1.29, 1.82) is 0 Å². The average Bonchev–Trinajstić information content (AvgIpc) is 3.12. The smallest absolute Gasteiger partial charge is 0.191 e. The van der Waals surface area contributed by atoms with Crippen LogP contribution in [-0.4, -0.2) is 41.3 Å². The molecule has 7 heteroatoms. The molecule has 2 rings (SSSR count). The molecule has 0 aliphatic rings. The molecular weight excluding hydrogens is 328 g/mol. The number of aliphatic imine (C=N–C) groups is 1. The van der Waals surface area contributed by atoms with Gasteiger partial charge < -0.3 is 15.4 Å². The fourth-order valence-corrected chi connectivity index (χ4v) is 2.45. The van der Waals surface area contributed by atoms with Crippen LogP contribution in [0, 0.1) is 5.92 Å². The molecular formula is C19H30N6O. The average molecular weight is 358 g/mol. The predicted octanol–water partition coefficient (Wildman–Crippen LogP) is 2.97. The summed E-state index contributed by atoms with van der Waals surface area (Å²) in [5.41, 5.74) is 0.941. The zero-order chi connectivity index (χ0) is 18.8. The predicted molar refractivity (Wildman–Crippen MR) is 105 cm³/mol. The third-order valence-electron chi connectivity index (χ3n) is 3.86. The molecule has 1 heterocycles. The first-order valence-corrected chi connectivity index (χ1v) is 9.20. The molecule has 1 aromatic heterocycles. The zero-order valence-electron chi connectivity index (χ0n) is 16.2. The van der Waals surface area contributed by atoms with Crippen molar-refractivity contribution in [2.24, 2.45) is 10.9 Å². The Morgan fingerprint density at radius 3 is 2.65 bits per heavy atom. The van der Waals surface area contributed by atoms with Crippen LogP contribution in [0.15, 0.2) is 29.3 Å². The third-order valence-corrected chi connectivity index (χ3v) is 3.86. The SMILES string of the molecule is CCNC(=NCc1nc(-c2ccc(OC)cc2)n[nH]1)NCCCC(C)C. The fourth-order valence-electron chi connectivity index (χ4n) is 2.45. The number of hydrogen-bond acceptors (Lipinski definition) is 4. The van der Waals surface area contributed by atoms with Crippen molar-refractivity contribution in [3.8, 4) is 17.1 Å². The Hall–Kier alpha value is -2.57. The lowest BCUT2D eigenvalue weighted by molar-refractivity contribution is 0.415. The number of methoxy groups -OCH3 is 1. The molecule has 1 aromatic carbocycles. The summed E-state index contributed by atoms with van der Waals surface area (Å²) < 4.78 is 5.17. The molecule has 0 unspecified atom stereocenters. The van der Waals surface area contributed by atoms with Gasteiger partial charge in [-0.2, -0.15) is 5.10 Å². The molecule has 0 fully saturated rings. The highest BCUT2D eigenvalue weighted by Crippen LogP contribution is 2.18. The van der Waals surface area contributed by atoms with Gasteiger partial charge in [0.25, 0.3) is 0 Å². The Labute approximate surface area is 155 Å². The summed E-state index contributed by atoms with van der Waals surface area (Å²) in [5, 5.41) is 13.8. The summed E-state index contributed by atoms with van der Waals surface area (Å²) in [6.07, 6.45) is 2.34. The molecule has 0 saturated heterocycles. The molecule has 142 valence electrons. The second kappa shape index (κ2) is 10.4. The molecule has 26 heavy (non-hydrogen) atoms. The largest absolute Gasteiger partial charge is 0.497 e. The molecule has 0 saturated carbocycles. The maximum atomic E-state index is 5.17. The molecule has 0 radical (unpaired) electrons.